The number of quaternary nitrogens is 1. The van der Waals surface area contributed by atoms with Crippen molar-refractivity contribution in [1.82, 2.24) is 0 Å². The van der Waals surface area contributed by atoms with E-state index in [4.69, 9.17) is 0 Å². The molecule has 0 rings (SSSR count). The summed E-state index contributed by atoms with van der Waals surface area (Å²) in [4.78, 5) is 12.5. The van der Waals surface area contributed by atoms with Crippen molar-refractivity contribution in [2.45, 2.75) is 53.0 Å². The molecule has 0 unspecified atom stereocenters. The summed E-state index contributed by atoms with van der Waals surface area (Å²) in [5.41, 5.74) is 4.02. The number of nitrogens with zero attached hydrogens (tertiary/aromatic N) is 1. The van der Waals surface area contributed by atoms with Crippen LogP contribution in [0.1, 0.15) is 47.5 Å². The van der Waals surface area contributed by atoms with Crippen LogP contribution in [0.4, 0.5) is 0 Å². The fourth-order valence-corrected chi connectivity index (χ4v) is 1.31. The van der Waals surface area contributed by atoms with Crippen LogP contribution >= 0.6 is 0 Å². The van der Waals surface area contributed by atoms with Crippen LogP contribution in [0.15, 0.2) is 0 Å². The third kappa shape index (κ3) is 24.5. The van der Waals surface area contributed by atoms with E-state index in [9.17, 15) is 15.4 Å². The first kappa shape index (κ1) is 19.6. The maximum atomic E-state index is 10.2. The van der Waals surface area contributed by atoms with Crippen LogP contribution in [0.2, 0.25) is 0 Å². The molecule has 0 aromatic heterocycles. The summed E-state index contributed by atoms with van der Waals surface area (Å²) in [6, 6.07) is 0. The molecule has 6 heteroatoms. The lowest BCUT2D eigenvalue weighted by Gasteiger charge is -2.19. The van der Waals surface area contributed by atoms with Crippen LogP contribution in [0, 0.1) is 28.6 Å². The summed E-state index contributed by atoms with van der Waals surface area (Å²) >= 11 is 0. The summed E-state index contributed by atoms with van der Waals surface area (Å²) in [6.45, 7) is 11.4. The second kappa shape index (κ2) is 10.2. The normalized spacial score (nSPS) is 12.9. The molecule has 0 aliphatic heterocycles. The molecule has 0 saturated carbocycles. The van der Waals surface area contributed by atoms with Gasteiger partial charge in [0.1, 0.15) is 0 Å². The van der Waals surface area contributed by atoms with E-state index in [1.165, 1.54) is 6.61 Å². The van der Waals surface area contributed by atoms with Gasteiger partial charge in [0.15, 0.2) is 0 Å². The van der Waals surface area contributed by atoms with E-state index in [1.807, 2.05) is 13.8 Å². The standard InChI is InChI=1S/C8H16NO4.C4H11N/c1-7(2)5-8(3-4-13-12)6-9(10)11;1-4(2,3)5/h4,7-8,13H,3,5-6H2,1-2H3;5H2,1-3H3/q-1;/p+1/t8-;/m1./s1. The molecule has 0 amide bonds. The Labute approximate surface area is 110 Å². The van der Waals surface area contributed by atoms with E-state index >= 15 is 0 Å². The van der Waals surface area contributed by atoms with Gasteiger partial charge < -0.3 is 15.9 Å². The first-order chi connectivity index (χ1) is 8.06. The molecule has 110 valence electrons. The summed E-state index contributed by atoms with van der Waals surface area (Å²) in [5.74, 6) is 0.345. The van der Waals surface area contributed by atoms with Crippen LogP contribution in [0.5, 0.6) is 0 Å². The molecule has 0 aromatic carbocycles. The van der Waals surface area contributed by atoms with Crippen LogP contribution < -0.4 is 11.0 Å². The van der Waals surface area contributed by atoms with Crippen molar-refractivity contribution in [3.63, 3.8) is 0 Å². The van der Waals surface area contributed by atoms with Gasteiger partial charge >= 0.3 is 0 Å². The predicted octanol–water partition coefficient (Wildman–Crippen LogP) is 0.873. The van der Waals surface area contributed by atoms with Gasteiger partial charge in [0.2, 0.25) is 6.54 Å². The molecule has 4 N–H and O–H groups in total. The highest BCUT2D eigenvalue weighted by Gasteiger charge is 2.14. The fraction of sp³-hybridized carbons (Fsp3) is 0.917. The molecule has 18 heavy (non-hydrogen) atoms. The Balaban J connectivity index is 0. The summed E-state index contributed by atoms with van der Waals surface area (Å²) in [7, 11) is 0. The second-order valence-electron chi connectivity index (χ2n) is 6.10. The van der Waals surface area contributed by atoms with Gasteiger partial charge in [-0.05, 0) is 39.7 Å². The molecule has 0 heterocycles. The van der Waals surface area contributed by atoms with Gasteiger partial charge in [0.25, 0.3) is 0 Å². The Hall–Kier alpha value is -0.720. The summed E-state index contributed by atoms with van der Waals surface area (Å²) in [5, 5.41) is 20.0. The van der Waals surface area contributed by atoms with Crippen molar-refractivity contribution < 1.29 is 20.8 Å². The lowest BCUT2D eigenvalue weighted by molar-refractivity contribution is -0.762. The molecule has 0 saturated heterocycles. The second-order valence-corrected chi connectivity index (χ2v) is 6.10. The van der Waals surface area contributed by atoms with Gasteiger partial charge in [0.05, 0.1) is 5.54 Å². The van der Waals surface area contributed by atoms with E-state index in [1.54, 1.807) is 0 Å². The van der Waals surface area contributed by atoms with Gasteiger partial charge in [-0.15, -0.1) is 6.42 Å². The zero-order valence-corrected chi connectivity index (χ0v) is 12.2. The highest BCUT2D eigenvalue weighted by Crippen LogP contribution is 2.16. The zero-order valence-electron chi connectivity index (χ0n) is 12.2. The molecular weight excluding hydrogens is 236 g/mol. The lowest BCUT2D eigenvalue weighted by Crippen LogP contribution is -2.67. The van der Waals surface area contributed by atoms with Crippen LogP contribution in [0.3, 0.4) is 0 Å². The van der Waals surface area contributed by atoms with Crippen molar-refractivity contribution >= 4 is 0 Å². The number of nitro groups is 1. The Morgan fingerprint density at radius 2 is 1.83 bits per heavy atom. The highest BCUT2D eigenvalue weighted by atomic mass is 17.1. The molecule has 0 radical (unpaired) electrons. The van der Waals surface area contributed by atoms with Crippen molar-refractivity contribution in [3.05, 3.63) is 16.7 Å². The number of hydrogen-bond acceptors (Lipinski definition) is 3. The minimum absolute atomic E-state index is 0.0623. The maximum absolute atomic E-state index is 10.2. The van der Waals surface area contributed by atoms with Crippen LogP contribution in [0.25, 0.3) is 0 Å². The topological polar surface area (TPSA) is 107 Å². The Morgan fingerprint density at radius 1 is 1.39 bits per heavy atom. The molecule has 0 aliphatic rings. The minimum atomic E-state index is -0.342. The quantitative estimate of drug-likeness (QED) is 0.242. The van der Waals surface area contributed by atoms with Gasteiger partial charge in [-0.2, -0.15) is 0 Å². The van der Waals surface area contributed by atoms with Gasteiger partial charge in [-0.3, -0.25) is 10.1 Å². The SMILES string of the molecule is CC(C)(C)[NH3+].CC(C)C[C@@H](C[CH-][OH+][O-])C[N+](=O)[O-]. The first-order valence-corrected chi connectivity index (χ1v) is 6.17. The third-order valence-corrected chi connectivity index (χ3v) is 1.73. The highest BCUT2D eigenvalue weighted by molar-refractivity contribution is 4.64. The minimum Gasteiger partial charge on any atom is -0.588 e. The van der Waals surface area contributed by atoms with E-state index in [0.717, 1.165) is 6.42 Å². The lowest BCUT2D eigenvalue weighted by atomic mass is 9.95. The van der Waals surface area contributed by atoms with E-state index in [-0.39, 0.29) is 22.9 Å². The summed E-state index contributed by atoms with van der Waals surface area (Å²) in [6.07, 6.45) is 1.16. The Kier molecular flexibility index (Phi) is 11.1. The molecular formula is C12H28N2O4. The summed E-state index contributed by atoms with van der Waals surface area (Å²) < 4.78 is 0. The largest absolute Gasteiger partial charge is 0.588 e. The molecule has 0 spiro atoms. The predicted molar refractivity (Wildman–Crippen MR) is 69.0 cm³/mol. The molecule has 6 nitrogen and oxygen atoms in total. The number of hydrogen-bond donors (Lipinski definition) is 1. The monoisotopic (exact) mass is 264 g/mol. The zero-order chi connectivity index (χ0) is 14.8. The van der Waals surface area contributed by atoms with E-state index in [0.29, 0.717) is 12.3 Å². The molecule has 0 aliphatic carbocycles. The van der Waals surface area contributed by atoms with Crippen molar-refractivity contribution in [2.24, 2.45) is 11.8 Å². The van der Waals surface area contributed by atoms with Gasteiger partial charge in [-0.1, -0.05) is 13.8 Å². The Morgan fingerprint density at radius 3 is 2.11 bits per heavy atom. The smallest absolute Gasteiger partial charge is 0.204 e. The van der Waals surface area contributed by atoms with Gasteiger partial charge in [-0.25, -0.2) is 0 Å². The fourth-order valence-electron chi connectivity index (χ4n) is 1.31. The van der Waals surface area contributed by atoms with Gasteiger partial charge in [0, 0.05) is 10.8 Å². The van der Waals surface area contributed by atoms with Crippen molar-refractivity contribution in [2.75, 3.05) is 6.54 Å². The van der Waals surface area contributed by atoms with Crippen LogP contribution in [-0.4, -0.2) is 21.9 Å². The van der Waals surface area contributed by atoms with Crippen molar-refractivity contribution in [1.29, 1.82) is 0 Å². The van der Waals surface area contributed by atoms with E-state index < -0.39 is 0 Å². The van der Waals surface area contributed by atoms with E-state index in [2.05, 4.69) is 31.4 Å². The Bertz CT molecular complexity index is 209. The average molecular weight is 264 g/mol. The van der Waals surface area contributed by atoms with Crippen molar-refractivity contribution in [3.8, 4) is 0 Å². The number of rotatable bonds is 7. The average Bonchev–Trinajstić information content (AvgIpc) is 2.09. The molecule has 0 aromatic rings. The maximum Gasteiger partial charge on any atom is 0.204 e. The van der Waals surface area contributed by atoms with Crippen LogP contribution in [-0.2, 0) is 0 Å². The number of aliphatic hydroxyl groups is 1. The first-order valence-electron chi connectivity index (χ1n) is 6.17. The molecule has 1 atom stereocenters. The molecule has 0 bridgehead atoms. The third-order valence-electron chi connectivity index (χ3n) is 1.73. The molecule has 0 fully saturated rings.